The van der Waals surface area contributed by atoms with Crippen LogP contribution in [0.5, 0.6) is 0 Å². The first-order valence-corrected chi connectivity index (χ1v) is 6.07. The Morgan fingerprint density at radius 3 is 2.81 bits per heavy atom. The lowest BCUT2D eigenvalue weighted by Crippen LogP contribution is -2.19. The number of nitrogens with two attached hydrogens (primary N) is 1. The molecule has 0 radical (unpaired) electrons. The van der Waals surface area contributed by atoms with Gasteiger partial charge in [0.15, 0.2) is 5.58 Å². The third-order valence-electron chi connectivity index (χ3n) is 2.34. The Labute approximate surface area is 91.1 Å². The van der Waals surface area contributed by atoms with E-state index in [4.69, 9.17) is 9.66 Å². The molecule has 0 aliphatic heterocycles. The summed E-state index contributed by atoms with van der Waals surface area (Å²) in [7, 11) is -3.78. The molecule has 1 heterocycles. The Morgan fingerprint density at radius 1 is 1.50 bits per heavy atom. The molecule has 1 unspecified atom stereocenters. The molecule has 0 spiro atoms. The topological polar surface area (TPSA) is 86.2 Å². The van der Waals surface area contributed by atoms with Crippen LogP contribution in [0.1, 0.15) is 17.9 Å². The lowest BCUT2D eigenvalue weighted by Gasteiger charge is -2.04. The van der Waals surface area contributed by atoms with E-state index in [0.29, 0.717) is 11.0 Å². The van der Waals surface area contributed by atoms with E-state index in [1.54, 1.807) is 0 Å². The van der Waals surface area contributed by atoms with Crippen molar-refractivity contribution in [3.05, 3.63) is 29.7 Å². The summed E-state index contributed by atoms with van der Waals surface area (Å²) < 4.78 is 40.2. The molecule has 0 aliphatic carbocycles. The number of halogens is 1. The summed E-state index contributed by atoms with van der Waals surface area (Å²) in [6.07, 6.45) is 0. The van der Waals surface area contributed by atoms with Gasteiger partial charge in [-0.1, -0.05) is 5.16 Å². The highest BCUT2D eigenvalue weighted by molar-refractivity contribution is 7.89. The third kappa shape index (κ3) is 1.79. The van der Waals surface area contributed by atoms with Crippen molar-refractivity contribution in [3.63, 3.8) is 0 Å². The van der Waals surface area contributed by atoms with Gasteiger partial charge in [0.1, 0.15) is 16.8 Å². The SMILES string of the molecule is CC(c1noc2ccc(F)cc12)S(N)(=O)=O. The number of rotatable bonds is 2. The molecule has 86 valence electrons. The molecular formula is C9H9FN2O3S. The maximum Gasteiger partial charge on any atom is 0.217 e. The molecule has 0 bridgehead atoms. The van der Waals surface area contributed by atoms with Gasteiger partial charge in [0, 0.05) is 5.39 Å². The number of hydrogen-bond donors (Lipinski definition) is 1. The number of fused-ring (bicyclic) bond motifs is 1. The average molecular weight is 244 g/mol. The molecule has 0 saturated carbocycles. The van der Waals surface area contributed by atoms with Crippen molar-refractivity contribution in [2.45, 2.75) is 12.2 Å². The summed E-state index contributed by atoms with van der Waals surface area (Å²) in [6, 6.07) is 3.76. The number of hydrogen-bond acceptors (Lipinski definition) is 4. The summed E-state index contributed by atoms with van der Waals surface area (Å²) in [5.41, 5.74) is 0.448. The van der Waals surface area contributed by atoms with Gasteiger partial charge in [-0.15, -0.1) is 0 Å². The molecule has 0 amide bonds. The van der Waals surface area contributed by atoms with Crippen LogP contribution in [0.15, 0.2) is 22.7 Å². The Kier molecular flexibility index (Phi) is 2.43. The van der Waals surface area contributed by atoms with Crippen LogP contribution in [-0.2, 0) is 10.0 Å². The highest BCUT2D eigenvalue weighted by Crippen LogP contribution is 2.27. The van der Waals surface area contributed by atoms with Crippen LogP contribution < -0.4 is 5.14 Å². The van der Waals surface area contributed by atoms with Crippen molar-refractivity contribution >= 4 is 21.0 Å². The number of nitrogens with zero attached hydrogens (tertiary/aromatic N) is 1. The zero-order valence-corrected chi connectivity index (χ0v) is 9.16. The summed E-state index contributed by atoms with van der Waals surface area (Å²) in [6.45, 7) is 1.37. The maximum atomic E-state index is 13.0. The van der Waals surface area contributed by atoms with Gasteiger partial charge >= 0.3 is 0 Å². The van der Waals surface area contributed by atoms with Gasteiger partial charge in [-0.2, -0.15) is 0 Å². The number of benzene rings is 1. The first-order chi connectivity index (χ1) is 7.39. The quantitative estimate of drug-likeness (QED) is 0.863. The number of aromatic nitrogens is 1. The molecule has 2 aromatic rings. The molecule has 1 aromatic carbocycles. The van der Waals surface area contributed by atoms with Gasteiger partial charge in [0.05, 0.1) is 0 Å². The number of sulfonamides is 1. The highest BCUT2D eigenvalue weighted by Gasteiger charge is 2.24. The summed E-state index contributed by atoms with van der Waals surface area (Å²) >= 11 is 0. The van der Waals surface area contributed by atoms with Crippen LogP contribution >= 0.6 is 0 Å². The molecule has 0 fully saturated rings. The van der Waals surface area contributed by atoms with Crippen molar-refractivity contribution in [1.29, 1.82) is 0 Å². The molecule has 0 saturated heterocycles. The predicted molar refractivity (Wildman–Crippen MR) is 55.5 cm³/mol. The normalized spacial score (nSPS) is 14.2. The second kappa shape index (κ2) is 3.53. The second-order valence-corrected chi connectivity index (χ2v) is 5.32. The van der Waals surface area contributed by atoms with Crippen molar-refractivity contribution in [1.82, 2.24) is 5.16 Å². The minimum absolute atomic E-state index is 0.122. The number of primary sulfonamides is 1. The molecule has 1 atom stereocenters. The van der Waals surface area contributed by atoms with Crippen LogP contribution in [0, 0.1) is 5.82 Å². The van der Waals surface area contributed by atoms with Crippen LogP contribution in [0.3, 0.4) is 0 Å². The Bertz CT molecular complexity index is 635. The zero-order valence-electron chi connectivity index (χ0n) is 8.34. The van der Waals surface area contributed by atoms with Crippen molar-refractivity contribution in [2.75, 3.05) is 0 Å². The largest absolute Gasteiger partial charge is 0.356 e. The van der Waals surface area contributed by atoms with Gasteiger partial charge in [-0.05, 0) is 25.1 Å². The molecule has 0 aliphatic rings. The minimum Gasteiger partial charge on any atom is -0.356 e. The van der Waals surface area contributed by atoms with Crippen LogP contribution in [0.2, 0.25) is 0 Å². The fourth-order valence-corrected chi connectivity index (χ4v) is 1.86. The van der Waals surface area contributed by atoms with Crippen molar-refractivity contribution in [3.8, 4) is 0 Å². The summed E-state index contributed by atoms with van der Waals surface area (Å²) in [5, 5.41) is 7.89. The standard InChI is InChI=1S/C9H9FN2O3S/c1-5(16(11,13)14)9-7-4-6(10)2-3-8(7)15-12-9/h2-5H,1H3,(H2,11,13,14). The van der Waals surface area contributed by atoms with E-state index in [0.717, 1.165) is 0 Å². The fourth-order valence-electron chi connectivity index (χ4n) is 1.38. The van der Waals surface area contributed by atoms with Gasteiger partial charge in [0.2, 0.25) is 10.0 Å². The van der Waals surface area contributed by atoms with E-state index in [1.165, 1.54) is 25.1 Å². The van der Waals surface area contributed by atoms with Crippen molar-refractivity contribution < 1.29 is 17.3 Å². The van der Waals surface area contributed by atoms with E-state index < -0.39 is 21.1 Å². The molecule has 2 rings (SSSR count). The molecule has 1 aromatic heterocycles. The average Bonchev–Trinajstić information content (AvgIpc) is 2.57. The Hall–Kier alpha value is -1.47. The molecule has 5 nitrogen and oxygen atoms in total. The Morgan fingerprint density at radius 2 is 2.19 bits per heavy atom. The molecular weight excluding hydrogens is 235 g/mol. The monoisotopic (exact) mass is 244 g/mol. The first-order valence-electron chi connectivity index (χ1n) is 4.46. The van der Waals surface area contributed by atoms with Crippen LogP contribution in [0.4, 0.5) is 4.39 Å². The summed E-state index contributed by atoms with van der Waals surface area (Å²) in [4.78, 5) is 0. The van der Waals surface area contributed by atoms with E-state index in [2.05, 4.69) is 5.16 Å². The maximum absolute atomic E-state index is 13.0. The lowest BCUT2D eigenvalue weighted by atomic mass is 10.2. The van der Waals surface area contributed by atoms with E-state index in [9.17, 15) is 12.8 Å². The zero-order chi connectivity index (χ0) is 11.9. The van der Waals surface area contributed by atoms with Crippen LogP contribution in [-0.4, -0.2) is 13.6 Å². The molecule has 7 heteroatoms. The van der Waals surface area contributed by atoms with Crippen LogP contribution in [0.25, 0.3) is 11.0 Å². The smallest absolute Gasteiger partial charge is 0.217 e. The predicted octanol–water partition coefficient (Wildman–Crippen LogP) is 1.32. The lowest BCUT2D eigenvalue weighted by molar-refractivity contribution is 0.444. The second-order valence-electron chi connectivity index (χ2n) is 3.44. The minimum atomic E-state index is -3.78. The van der Waals surface area contributed by atoms with E-state index in [1.807, 2.05) is 0 Å². The molecule has 2 N–H and O–H groups in total. The van der Waals surface area contributed by atoms with Crippen molar-refractivity contribution in [2.24, 2.45) is 5.14 Å². The van der Waals surface area contributed by atoms with Gasteiger partial charge < -0.3 is 4.52 Å². The third-order valence-corrected chi connectivity index (χ3v) is 3.55. The van der Waals surface area contributed by atoms with E-state index >= 15 is 0 Å². The molecule has 16 heavy (non-hydrogen) atoms. The fraction of sp³-hybridized carbons (Fsp3) is 0.222. The van der Waals surface area contributed by atoms with Gasteiger partial charge in [-0.25, -0.2) is 17.9 Å². The van der Waals surface area contributed by atoms with Gasteiger partial charge in [0.25, 0.3) is 0 Å². The Balaban J connectivity index is 2.66. The van der Waals surface area contributed by atoms with Gasteiger partial charge in [-0.3, -0.25) is 0 Å². The first kappa shape index (κ1) is 11.0. The van der Waals surface area contributed by atoms with E-state index in [-0.39, 0.29) is 5.69 Å². The summed E-state index contributed by atoms with van der Waals surface area (Å²) in [5.74, 6) is -0.487. The highest BCUT2D eigenvalue weighted by atomic mass is 32.2.